The van der Waals surface area contributed by atoms with Crippen LogP contribution in [0.15, 0.2) is 82.0 Å². The molecule has 30 heavy (non-hydrogen) atoms. The molecule has 0 saturated heterocycles. The zero-order valence-electron chi connectivity index (χ0n) is 16.9. The smallest absolute Gasteiger partial charge is 0.235 e. The first-order chi connectivity index (χ1) is 14.7. The average molecular weight is 402 g/mol. The Balaban J connectivity index is 1.63. The van der Waals surface area contributed by atoms with E-state index in [-0.39, 0.29) is 11.2 Å². The highest BCUT2D eigenvalue weighted by atomic mass is 16.5. The van der Waals surface area contributed by atoms with Gasteiger partial charge in [0.1, 0.15) is 23.7 Å². The molecule has 1 aromatic heterocycles. The predicted molar refractivity (Wildman–Crippen MR) is 116 cm³/mol. The number of fused-ring (bicyclic) bond motifs is 1. The van der Waals surface area contributed by atoms with Crippen LogP contribution in [0.3, 0.4) is 0 Å². The van der Waals surface area contributed by atoms with Gasteiger partial charge in [0.25, 0.3) is 0 Å². The van der Waals surface area contributed by atoms with Crippen LogP contribution in [-0.4, -0.2) is 6.61 Å². The fraction of sp³-hybridized carbons (Fsp3) is 0.160. The lowest BCUT2D eigenvalue weighted by atomic mass is 10.2. The summed E-state index contributed by atoms with van der Waals surface area (Å²) in [7, 11) is 0. The summed E-state index contributed by atoms with van der Waals surface area (Å²) >= 11 is 0. The molecule has 0 unspecified atom stereocenters. The zero-order valence-corrected chi connectivity index (χ0v) is 16.9. The molecule has 0 N–H and O–H groups in total. The number of para-hydroxylation sites is 2. The van der Waals surface area contributed by atoms with Crippen molar-refractivity contribution in [3.8, 4) is 23.0 Å². The Morgan fingerprint density at radius 1 is 0.867 bits per heavy atom. The molecule has 5 heteroatoms. The largest absolute Gasteiger partial charge is 0.490 e. The third kappa shape index (κ3) is 4.15. The van der Waals surface area contributed by atoms with Crippen molar-refractivity contribution in [2.24, 2.45) is 0 Å². The molecular formula is C25H22O5. The van der Waals surface area contributed by atoms with Gasteiger partial charge in [-0.25, -0.2) is 0 Å². The molecule has 0 radical (unpaired) electrons. The fourth-order valence-electron chi connectivity index (χ4n) is 3.14. The van der Waals surface area contributed by atoms with E-state index in [9.17, 15) is 4.79 Å². The molecule has 0 aliphatic carbocycles. The van der Waals surface area contributed by atoms with E-state index in [1.54, 1.807) is 37.3 Å². The molecule has 0 aliphatic heterocycles. The summed E-state index contributed by atoms with van der Waals surface area (Å²) in [6.07, 6.45) is 0. The van der Waals surface area contributed by atoms with E-state index in [1.807, 2.05) is 49.4 Å². The molecule has 4 aromatic rings. The quantitative estimate of drug-likeness (QED) is 0.387. The van der Waals surface area contributed by atoms with E-state index in [1.165, 1.54) is 0 Å². The first-order valence-corrected chi connectivity index (χ1v) is 9.79. The monoisotopic (exact) mass is 402 g/mol. The molecule has 0 saturated carbocycles. The topological polar surface area (TPSA) is 57.9 Å². The van der Waals surface area contributed by atoms with Crippen LogP contribution in [0.25, 0.3) is 11.0 Å². The summed E-state index contributed by atoms with van der Waals surface area (Å²) in [5.74, 6) is 2.20. The molecule has 3 aromatic carbocycles. The van der Waals surface area contributed by atoms with Gasteiger partial charge in [0.2, 0.25) is 11.2 Å². The maximum Gasteiger partial charge on any atom is 0.235 e. The molecule has 5 nitrogen and oxygen atoms in total. The number of hydrogen-bond acceptors (Lipinski definition) is 5. The van der Waals surface area contributed by atoms with Crippen molar-refractivity contribution < 1.29 is 18.6 Å². The Kier molecular flexibility index (Phi) is 5.70. The highest BCUT2D eigenvalue weighted by Gasteiger charge is 2.16. The normalized spacial score (nSPS) is 10.7. The number of aryl methyl sites for hydroxylation is 1. The van der Waals surface area contributed by atoms with Crippen LogP contribution in [0.5, 0.6) is 23.0 Å². The third-order valence-corrected chi connectivity index (χ3v) is 4.60. The Bertz CT molecular complexity index is 1210. The minimum atomic E-state index is -0.241. The van der Waals surface area contributed by atoms with Gasteiger partial charge in [0.05, 0.1) is 12.0 Å². The maximum atomic E-state index is 13.0. The summed E-state index contributed by atoms with van der Waals surface area (Å²) in [6, 6.07) is 22.3. The van der Waals surface area contributed by atoms with Gasteiger partial charge in [-0.15, -0.1) is 0 Å². The second kappa shape index (κ2) is 8.74. The van der Waals surface area contributed by atoms with Gasteiger partial charge >= 0.3 is 0 Å². The summed E-state index contributed by atoms with van der Waals surface area (Å²) in [5.41, 5.74) is 1.27. The summed E-state index contributed by atoms with van der Waals surface area (Å²) in [6.45, 7) is 4.53. The van der Waals surface area contributed by atoms with E-state index in [0.29, 0.717) is 47.2 Å². The number of ether oxygens (including phenoxy) is 3. The molecule has 0 aliphatic rings. The van der Waals surface area contributed by atoms with E-state index in [0.717, 1.165) is 5.56 Å². The highest BCUT2D eigenvalue weighted by Crippen LogP contribution is 2.33. The first-order valence-electron chi connectivity index (χ1n) is 9.79. The second-order valence-corrected chi connectivity index (χ2v) is 6.73. The number of rotatable bonds is 7. The summed E-state index contributed by atoms with van der Waals surface area (Å²) in [4.78, 5) is 13.0. The third-order valence-electron chi connectivity index (χ3n) is 4.60. The van der Waals surface area contributed by atoms with Gasteiger partial charge in [-0.2, -0.15) is 0 Å². The summed E-state index contributed by atoms with van der Waals surface area (Å²) < 4.78 is 23.2. The van der Waals surface area contributed by atoms with Crippen molar-refractivity contribution in [3.05, 3.63) is 94.3 Å². The van der Waals surface area contributed by atoms with Crippen molar-refractivity contribution in [3.63, 3.8) is 0 Å². The Morgan fingerprint density at radius 3 is 2.37 bits per heavy atom. The minimum Gasteiger partial charge on any atom is -0.490 e. The molecule has 4 rings (SSSR count). The fourth-order valence-corrected chi connectivity index (χ4v) is 3.14. The molecule has 0 fully saturated rings. The maximum absolute atomic E-state index is 13.0. The average Bonchev–Trinajstić information content (AvgIpc) is 2.77. The lowest BCUT2D eigenvalue weighted by molar-refractivity contribution is 0.306. The SMILES string of the molecule is CCOc1ccccc1Oc1c(C)oc2cc(OCc3ccccc3)ccc2c1=O. The predicted octanol–water partition coefficient (Wildman–Crippen LogP) is 5.87. The van der Waals surface area contributed by atoms with Crippen molar-refractivity contribution in [2.45, 2.75) is 20.5 Å². The minimum absolute atomic E-state index is 0.146. The molecule has 0 amide bonds. The van der Waals surface area contributed by atoms with Crippen LogP contribution in [0.2, 0.25) is 0 Å². The van der Waals surface area contributed by atoms with Crippen molar-refractivity contribution >= 4 is 11.0 Å². The lowest BCUT2D eigenvalue weighted by Crippen LogP contribution is -2.08. The molecule has 0 bridgehead atoms. The highest BCUT2D eigenvalue weighted by molar-refractivity contribution is 5.79. The van der Waals surface area contributed by atoms with Crippen molar-refractivity contribution in [2.75, 3.05) is 6.61 Å². The van der Waals surface area contributed by atoms with E-state index < -0.39 is 0 Å². The molecular weight excluding hydrogens is 380 g/mol. The van der Waals surface area contributed by atoms with Crippen LogP contribution >= 0.6 is 0 Å². The van der Waals surface area contributed by atoms with Crippen LogP contribution in [-0.2, 0) is 6.61 Å². The summed E-state index contributed by atoms with van der Waals surface area (Å²) in [5, 5.41) is 0.427. The number of hydrogen-bond donors (Lipinski definition) is 0. The van der Waals surface area contributed by atoms with Crippen molar-refractivity contribution in [1.29, 1.82) is 0 Å². The second-order valence-electron chi connectivity index (χ2n) is 6.73. The Hall–Kier alpha value is -3.73. The van der Waals surface area contributed by atoms with Gasteiger partial charge in [0, 0.05) is 6.07 Å². The first kappa shape index (κ1) is 19.6. The zero-order chi connectivity index (χ0) is 20.9. The van der Waals surface area contributed by atoms with E-state index >= 15 is 0 Å². The Morgan fingerprint density at radius 2 is 1.60 bits per heavy atom. The van der Waals surface area contributed by atoms with E-state index in [4.69, 9.17) is 18.6 Å². The lowest BCUT2D eigenvalue weighted by Gasteiger charge is -2.13. The van der Waals surface area contributed by atoms with Crippen LogP contribution in [0.1, 0.15) is 18.2 Å². The van der Waals surface area contributed by atoms with Gasteiger partial charge in [-0.05, 0) is 43.7 Å². The molecule has 1 heterocycles. The molecule has 152 valence electrons. The number of benzene rings is 3. The molecule has 0 atom stereocenters. The van der Waals surface area contributed by atoms with E-state index in [2.05, 4.69) is 0 Å². The van der Waals surface area contributed by atoms with Gasteiger partial charge < -0.3 is 18.6 Å². The Labute approximate surface area is 174 Å². The van der Waals surface area contributed by atoms with Crippen LogP contribution in [0, 0.1) is 6.92 Å². The van der Waals surface area contributed by atoms with Gasteiger partial charge in [-0.1, -0.05) is 42.5 Å². The van der Waals surface area contributed by atoms with Gasteiger partial charge in [-0.3, -0.25) is 4.79 Å². The standard InChI is InChI=1S/C25H22O5/c1-3-27-21-11-7-8-12-22(21)30-25-17(2)29-23-15-19(13-14-20(23)24(25)26)28-16-18-9-5-4-6-10-18/h4-15H,3,16H2,1-2H3. The van der Waals surface area contributed by atoms with Crippen LogP contribution in [0.4, 0.5) is 0 Å². The van der Waals surface area contributed by atoms with Crippen molar-refractivity contribution in [1.82, 2.24) is 0 Å². The van der Waals surface area contributed by atoms with Gasteiger partial charge in [0.15, 0.2) is 11.5 Å². The molecule has 0 spiro atoms. The van der Waals surface area contributed by atoms with Crippen LogP contribution < -0.4 is 19.6 Å².